The lowest BCUT2D eigenvalue weighted by molar-refractivity contribution is 0.509. The molecule has 15 heavy (non-hydrogen) atoms. The Hall–Kier alpha value is -1.70. The summed E-state index contributed by atoms with van der Waals surface area (Å²) in [7, 11) is 0. The van der Waals surface area contributed by atoms with Gasteiger partial charge in [0.15, 0.2) is 11.6 Å². The van der Waals surface area contributed by atoms with E-state index < -0.39 is 11.6 Å². The minimum atomic E-state index is -0.814. The van der Waals surface area contributed by atoms with E-state index in [2.05, 4.69) is 0 Å². The summed E-state index contributed by atoms with van der Waals surface area (Å²) in [4.78, 5) is 0. The predicted octanol–water partition coefficient (Wildman–Crippen LogP) is 3.94. The predicted molar refractivity (Wildman–Crippen MR) is 56.5 cm³/mol. The Morgan fingerprint density at radius 2 is 1.33 bits per heavy atom. The lowest BCUT2D eigenvalue weighted by Crippen LogP contribution is -1.85. The third kappa shape index (κ3) is 2.04. The van der Waals surface area contributed by atoms with Crippen molar-refractivity contribution in [2.45, 2.75) is 6.92 Å². The number of hydrogen-bond donors (Lipinski definition) is 0. The number of rotatable bonds is 1. The van der Waals surface area contributed by atoms with Crippen molar-refractivity contribution >= 4 is 0 Å². The number of halogens is 2. The van der Waals surface area contributed by atoms with Gasteiger partial charge in [0.25, 0.3) is 0 Å². The summed E-state index contributed by atoms with van der Waals surface area (Å²) >= 11 is 0. The van der Waals surface area contributed by atoms with Crippen LogP contribution in [0.3, 0.4) is 0 Å². The molecule has 0 aromatic heterocycles. The number of hydrogen-bond acceptors (Lipinski definition) is 0. The second-order valence-electron chi connectivity index (χ2n) is 3.49. The first-order valence-corrected chi connectivity index (χ1v) is 4.69. The molecule has 76 valence electrons. The van der Waals surface area contributed by atoms with Gasteiger partial charge in [0.1, 0.15) is 0 Å². The topological polar surface area (TPSA) is 0 Å². The van der Waals surface area contributed by atoms with Gasteiger partial charge < -0.3 is 0 Å². The normalized spacial score (nSPS) is 10.3. The molecule has 0 N–H and O–H groups in total. The third-order valence-electron chi connectivity index (χ3n) is 2.30. The van der Waals surface area contributed by atoms with Crippen molar-refractivity contribution in [2.24, 2.45) is 0 Å². The fraction of sp³-hybridized carbons (Fsp3) is 0.0769. The molecule has 2 aromatic rings. The minimum Gasteiger partial charge on any atom is -0.204 e. The molecular formula is C13H10F2. The van der Waals surface area contributed by atoms with Crippen LogP contribution in [0.4, 0.5) is 8.78 Å². The number of aryl methyl sites for hydroxylation is 1. The highest BCUT2D eigenvalue weighted by atomic mass is 19.2. The van der Waals surface area contributed by atoms with E-state index in [0.717, 1.165) is 17.2 Å². The van der Waals surface area contributed by atoms with Crippen LogP contribution in [0.25, 0.3) is 11.1 Å². The summed E-state index contributed by atoms with van der Waals surface area (Å²) in [6, 6.07) is 11.6. The Labute approximate surface area is 87.2 Å². The molecule has 0 radical (unpaired) electrons. The summed E-state index contributed by atoms with van der Waals surface area (Å²) in [5.41, 5.74) is 2.72. The molecule has 0 saturated heterocycles. The van der Waals surface area contributed by atoms with Gasteiger partial charge in [-0.2, -0.15) is 0 Å². The summed E-state index contributed by atoms with van der Waals surface area (Å²) in [5, 5.41) is 0. The molecule has 0 bridgehead atoms. The van der Waals surface area contributed by atoms with Crippen molar-refractivity contribution < 1.29 is 8.78 Å². The Kier molecular flexibility index (Phi) is 2.50. The molecule has 0 fully saturated rings. The van der Waals surface area contributed by atoms with Gasteiger partial charge in [0.2, 0.25) is 0 Å². The molecule has 0 amide bonds. The van der Waals surface area contributed by atoms with E-state index in [9.17, 15) is 8.78 Å². The van der Waals surface area contributed by atoms with Gasteiger partial charge in [-0.05, 0) is 30.2 Å². The van der Waals surface area contributed by atoms with E-state index in [-0.39, 0.29) is 0 Å². The second-order valence-corrected chi connectivity index (χ2v) is 3.49. The number of benzene rings is 2. The van der Waals surface area contributed by atoms with Crippen molar-refractivity contribution in [1.29, 1.82) is 0 Å². The first kappa shape index (κ1) is 9.84. The van der Waals surface area contributed by atoms with Crippen LogP contribution in [0.5, 0.6) is 0 Å². The molecule has 0 aliphatic carbocycles. The zero-order chi connectivity index (χ0) is 10.8. The highest BCUT2D eigenvalue weighted by molar-refractivity contribution is 5.63. The van der Waals surface area contributed by atoms with Gasteiger partial charge in [0, 0.05) is 0 Å². The van der Waals surface area contributed by atoms with Crippen molar-refractivity contribution in [2.75, 3.05) is 0 Å². The maximum atomic E-state index is 13.0. The Morgan fingerprint density at radius 3 is 1.93 bits per heavy atom. The lowest BCUT2D eigenvalue weighted by atomic mass is 10.0. The van der Waals surface area contributed by atoms with Gasteiger partial charge in [-0.15, -0.1) is 0 Å². The quantitative estimate of drug-likeness (QED) is 0.660. The third-order valence-corrected chi connectivity index (χ3v) is 2.30. The molecule has 0 aliphatic heterocycles. The largest absolute Gasteiger partial charge is 0.204 e. The first-order valence-electron chi connectivity index (χ1n) is 4.69. The van der Waals surface area contributed by atoms with Gasteiger partial charge >= 0.3 is 0 Å². The fourth-order valence-electron chi connectivity index (χ4n) is 1.42. The minimum absolute atomic E-state index is 0.689. The Balaban J connectivity index is 2.45. The standard InChI is InChI=1S/C13H10F2/c1-9-2-4-10(5-3-9)11-6-7-12(14)13(15)8-11/h2-8H,1H3. The molecule has 2 aromatic carbocycles. The van der Waals surface area contributed by atoms with E-state index in [1.165, 1.54) is 6.07 Å². The van der Waals surface area contributed by atoms with Gasteiger partial charge in [-0.1, -0.05) is 35.9 Å². The molecule has 0 atom stereocenters. The molecule has 0 unspecified atom stereocenters. The zero-order valence-electron chi connectivity index (χ0n) is 8.30. The molecule has 2 heteroatoms. The van der Waals surface area contributed by atoms with Crippen LogP contribution in [0, 0.1) is 18.6 Å². The maximum Gasteiger partial charge on any atom is 0.159 e. The molecule has 0 saturated carbocycles. The van der Waals surface area contributed by atoms with E-state index >= 15 is 0 Å². The molecule has 0 nitrogen and oxygen atoms in total. The monoisotopic (exact) mass is 204 g/mol. The first-order chi connectivity index (χ1) is 7.16. The van der Waals surface area contributed by atoms with Crippen LogP contribution in [-0.4, -0.2) is 0 Å². The fourth-order valence-corrected chi connectivity index (χ4v) is 1.42. The highest BCUT2D eigenvalue weighted by Crippen LogP contribution is 2.21. The van der Waals surface area contributed by atoms with E-state index in [1.54, 1.807) is 6.07 Å². The Bertz CT molecular complexity index is 472. The SMILES string of the molecule is Cc1ccc(-c2ccc(F)c(F)c2)cc1. The van der Waals surface area contributed by atoms with Gasteiger partial charge in [0.05, 0.1) is 0 Å². The van der Waals surface area contributed by atoms with Gasteiger partial charge in [-0.3, -0.25) is 0 Å². The van der Waals surface area contributed by atoms with E-state index in [1.807, 2.05) is 31.2 Å². The Morgan fingerprint density at radius 1 is 0.733 bits per heavy atom. The van der Waals surface area contributed by atoms with Gasteiger partial charge in [-0.25, -0.2) is 8.78 Å². The lowest BCUT2D eigenvalue weighted by Gasteiger charge is -2.02. The van der Waals surface area contributed by atoms with Crippen molar-refractivity contribution in [3.8, 4) is 11.1 Å². The smallest absolute Gasteiger partial charge is 0.159 e. The zero-order valence-corrected chi connectivity index (χ0v) is 8.30. The van der Waals surface area contributed by atoms with Crippen LogP contribution in [0.2, 0.25) is 0 Å². The van der Waals surface area contributed by atoms with E-state index in [0.29, 0.717) is 5.56 Å². The summed E-state index contributed by atoms with van der Waals surface area (Å²) in [6.07, 6.45) is 0. The average molecular weight is 204 g/mol. The van der Waals surface area contributed by atoms with Crippen molar-refractivity contribution in [3.05, 3.63) is 59.7 Å². The van der Waals surface area contributed by atoms with Crippen LogP contribution < -0.4 is 0 Å². The van der Waals surface area contributed by atoms with Crippen LogP contribution in [0.1, 0.15) is 5.56 Å². The molecular weight excluding hydrogens is 194 g/mol. The van der Waals surface area contributed by atoms with E-state index in [4.69, 9.17) is 0 Å². The van der Waals surface area contributed by atoms with Crippen molar-refractivity contribution in [3.63, 3.8) is 0 Å². The van der Waals surface area contributed by atoms with Crippen LogP contribution >= 0.6 is 0 Å². The molecule has 0 spiro atoms. The molecule has 2 rings (SSSR count). The summed E-state index contributed by atoms with van der Waals surface area (Å²) in [5.74, 6) is -1.63. The van der Waals surface area contributed by atoms with Crippen LogP contribution in [0.15, 0.2) is 42.5 Å². The molecule has 0 heterocycles. The second kappa shape index (κ2) is 3.81. The maximum absolute atomic E-state index is 13.0. The van der Waals surface area contributed by atoms with Crippen LogP contribution in [-0.2, 0) is 0 Å². The average Bonchev–Trinajstić information content (AvgIpc) is 2.23. The summed E-state index contributed by atoms with van der Waals surface area (Å²) in [6.45, 7) is 1.98. The van der Waals surface area contributed by atoms with Crippen molar-refractivity contribution in [1.82, 2.24) is 0 Å². The summed E-state index contributed by atoms with van der Waals surface area (Å²) < 4.78 is 25.7. The molecule has 0 aliphatic rings. The highest BCUT2D eigenvalue weighted by Gasteiger charge is 2.03.